The van der Waals surface area contributed by atoms with Crippen LogP contribution < -0.4 is 0 Å². The second-order valence-electron chi connectivity index (χ2n) is 11.6. The fourth-order valence-corrected chi connectivity index (χ4v) is 6.69. The van der Waals surface area contributed by atoms with Crippen molar-refractivity contribution in [1.82, 2.24) is 0 Å². The highest BCUT2D eigenvalue weighted by Crippen LogP contribution is 2.44. The van der Waals surface area contributed by atoms with Gasteiger partial charge in [0, 0.05) is 10.8 Å². The van der Waals surface area contributed by atoms with Crippen LogP contribution in [0.5, 0.6) is 0 Å². The largest absolute Gasteiger partial charge is 0.456 e. The van der Waals surface area contributed by atoms with Crippen LogP contribution in [0.15, 0.2) is 186 Å². The van der Waals surface area contributed by atoms with Crippen molar-refractivity contribution in [1.29, 1.82) is 0 Å². The van der Waals surface area contributed by atoms with Gasteiger partial charge in [-0.2, -0.15) is 0 Å². The van der Waals surface area contributed by atoms with E-state index < -0.39 is 147 Å². The van der Waals surface area contributed by atoms with E-state index in [0.717, 1.165) is 21.9 Å². The van der Waals surface area contributed by atoms with Crippen molar-refractivity contribution in [2.24, 2.45) is 0 Å². The summed E-state index contributed by atoms with van der Waals surface area (Å²) in [4.78, 5) is 0. The van der Waals surface area contributed by atoms with Crippen molar-refractivity contribution in [3.8, 4) is 44.5 Å². The molecule has 0 saturated carbocycles. The van der Waals surface area contributed by atoms with E-state index in [4.69, 9.17) is 19.5 Å². The first kappa shape index (κ1) is 15.6. The van der Waals surface area contributed by atoms with Crippen molar-refractivity contribution in [3.63, 3.8) is 0 Å². The molecule has 1 nitrogen and oxygen atoms in total. The van der Waals surface area contributed by atoms with Gasteiger partial charge in [-0.05, 0) is 107 Å². The van der Waals surface area contributed by atoms with Crippen molar-refractivity contribution < 1.29 is 27.7 Å². The Morgan fingerprint density at radius 1 is 0.367 bits per heavy atom. The number of rotatable bonds is 4. The zero-order valence-electron chi connectivity index (χ0n) is 42.4. The molecule has 0 aliphatic rings. The minimum absolute atomic E-state index is 0.174. The summed E-state index contributed by atoms with van der Waals surface area (Å²) in [5.41, 5.74) is 0.903. The highest BCUT2D eigenvalue weighted by molar-refractivity contribution is 6.21. The Bertz CT molecular complexity index is 3740. The minimum Gasteiger partial charge on any atom is -0.456 e. The second kappa shape index (κ2) is 11.1. The monoisotopic (exact) mass is 639 g/mol. The molecule has 0 bridgehead atoms. The predicted molar refractivity (Wildman–Crippen MR) is 208 cm³/mol. The Balaban J connectivity index is 1.32. The molecule has 0 atom stereocenters. The van der Waals surface area contributed by atoms with Gasteiger partial charge in [-0.1, -0.05) is 151 Å². The summed E-state index contributed by atoms with van der Waals surface area (Å²) >= 11 is 0. The molecule has 0 aliphatic carbocycles. The average molecular weight is 640 g/mol. The lowest BCUT2D eigenvalue weighted by molar-refractivity contribution is 0.669. The maximum Gasteiger partial charge on any atom is 0.136 e. The Labute approximate surface area is 308 Å². The molecular weight excluding hydrogens is 593 g/mol. The summed E-state index contributed by atoms with van der Waals surface area (Å²) in [6.45, 7) is 0. The summed E-state index contributed by atoms with van der Waals surface area (Å²) in [6.07, 6.45) is 0. The molecule has 0 unspecified atom stereocenters. The molecule has 0 radical (unpaired) electrons. The molecule has 0 amide bonds. The number of benzene rings is 9. The number of fused-ring (bicyclic) bond motifs is 6. The molecule has 228 valence electrons. The summed E-state index contributed by atoms with van der Waals surface area (Å²) in [5, 5.41) is 1.40. The van der Waals surface area contributed by atoms with Gasteiger partial charge in [-0.3, -0.25) is 0 Å². The van der Waals surface area contributed by atoms with Gasteiger partial charge >= 0.3 is 0 Å². The molecule has 49 heavy (non-hydrogen) atoms. The minimum atomic E-state index is -0.822. The van der Waals surface area contributed by atoms with E-state index in [2.05, 4.69) is 0 Å². The molecule has 0 saturated heterocycles. The maximum atomic E-state index is 9.82. The van der Waals surface area contributed by atoms with Crippen LogP contribution in [0.1, 0.15) is 23.3 Å². The van der Waals surface area contributed by atoms with Gasteiger partial charge in [-0.25, -0.2) is 0 Å². The molecule has 9 aromatic carbocycles. The van der Waals surface area contributed by atoms with Crippen LogP contribution in [0.4, 0.5) is 0 Å². The normalized spacial score (nSPS) is 16.5. The fraction of sp³-hybridized carbons (Fsp3) is 0. The van der Waals surface area contributed by atoms with Crippen LogP contribution in [0, 0.1) is 0 Å². The van der Waals surface area contributed by atoms with Crippen LogP contribution in [0.3, 0.4) is 0 Å². The smallest absolute Gasteiger partial charge is 0.136 e. The Hall–Kier alpha value is -6.44. The third-order valence-electron chi connectivity index (χ3n) is 8.86. The number of furan rings is 1. The van der Waals surface area contributed by atoms with Gasteiger partial charge in [-0.15, -0.1) is 0 Å². The van der Waals surface area contributed by atoms with Crippen LogP contribution in [0.25, 0.3) is 98.8 Å². The molecule has 1 heteroatoms. The first-order valence-electron chi connectivity index (χ1n) is 24.0. The molecule has 0 N–H and O–H groups in total. The van der Waals surface area contributed by atoms with Crippen LogP contribution >= 0.6 is 0 Å². The van der Waals surface area contributed by atoms with Gasteiger partial charge in [0.1, 0.15) is 11.2 Å². The van der Waals surface area contributed by atoms with Crippen LogP contribution in [-0.4, -0.2) is 0 Å². The van der Waals surface area contributed by atoms with Crippen molar-refractivity contribution >= 4 is 54.3 Å². The topological polar surface area (TPSA) is 13.1 Å². The third-order valence-corrected chi connectivity index (χ3v) is 8.86. The van der Waals surface area contributed by atoms with Crippen molar-refractivity contribution in [3.05, 3.63) is 182 Å². The van der Waals surface area contributed by atoms with Crippen molar-refractivity contribution in [2.45, 2.75) is 0 Å². The third kappa shape index (κ3) is 4.47. The molecule has 0 aliphatic heterocycles. The van der Waals surface area contributed by atoms with Gasteiger partial charge < -0.3 is 4.42 Å². The van der Waals surface area contributed by atoms with E-state index in [1.54, 1.807) is 18.2 Å². The van der Waals surface area contributed by atoms with E-state index in [1.165, 1.54) is 0 Å². The zero-order valence-corrected chi connectivity index (χ0v) is 25.4. The highest BCUT2D eigenvalue weighted by Gasteiger charge is 2.17. The highest BCUT2D eigenvalue weighted by atomic mass is 16.3. The fourth-order valence-electron chi connectivity index (χ4n) is 6.69. The Kier molecular flexibility index (Phi) is 3.54. The standard InChI is InChI=1S/C48H30O/c1-2-13-32(14-3-1)47-40-19-6-8-21-42(40)48(43-22-9-7-20-41(43)47)36-17-10-16-33(28-36)34-25-27-45-44(29-34)39-26-24-35(30-46(39)49-45)38-23-11-15-31-12-4-5-18-37(31)38/h1-30H/i1D,2D,3D,6D,7D,8D,9D,10D,13D,14D,16D,17D,19D,20D,21D,22D,28D. The van der Waals surface area contributed by atoms with E-state index >= 15 is 0 Å². The van der Waals surface area contributed by atoms with E-state index in [0.29, 0.717) is 21.9 Å². The van der Waals surface area contributed by atoms with Crippen LogP contribution in [-0.2, 0) is 0 Å². The zero-order chi connectivity index (χ0) is 47.1. The van der Waals surface area contributed by atoms with Crippen molar-refractivity contribution in [2.75, 3.05) is 0 Å². The van der Waals surface area contributed by atoms with E-state index in [9.17, 15) is 8.22 Å². The van der Waals surface area contributed by atoms with Gasteiger partial charge in [0.2, 0.25) is 0 Å². The molecule has 10 rings (SSSR count). The first-order valence-corrected chi connectivity index (χ1v) is 15.5. The Morgan fingerprint density at radius 3 is 1.78 bits per heavy atom. The average Bonchev–Trinajstić information content (AvgIpc) is 3.68. The number of hydrogen-bond acceptors (Lipinski definition) is 1. The second-order valence-corrected chi connectivity index (χ2v) is 11.6. The Morgan fingerprint density at radius 2 is 1.00 bits per heavy atom. The summed E-state index contributed by atoms with van der Waals surface area (Å²) < 4.78 is 159. The summed E-state index contributed by atoms with van der Waals surface area (Å²) in [7, 11) is 0. The maximum absolute atomic E-state index is 9.82. The van der Waals surface area contributed by atoms with Crippen LogP contribution in [0.2, 0.25) is 0 Å². The quantitative estimate of drug-likeness (QED) is 0.175. The van der Waals surface area contributed by atoms with E-state index in [1.807, 2.05) is 60.7 Å². The SMILES string of the molecule is [2H]c1c([2H])c([2H])c(-c2c3c([2H])c([2H])c([2H])c([2H])c3c(-c3c([2H])c([2H])c([2H])c(-c4ccc5oc6cc(-c7cccc8ccccc78)ccc6c5c4)c3[2H])c3c([2H])c([2H])c([2H])c([2H])c23)c([2H])c1[2H]. The van der Waals surface area contributed by atoms with Gasteiger partial charge in [0.05, 0.1) is 23.3 Å². The molecule has 1 heterocycles. The van der Waals surface area contributed by atoms with E-state index in [-0.39, 0.29) is 11.1 Å². The molecule has 1 aromatic heterocycles. The number of hydrogen-bond donors (Lipinski definition) is 0. The van der Waals surface area contributed by atoms with Gasteiger partial charge in [0.15, 0.2) is 0 Å². The predicted octanol–water partition coefficient (Wildman–Crippen LogP) is 13.7. The molecule has 10 aromatic rings. The molecule has 0 spiro atoms. The molecule has 0 fully saturated rings. The first-order chi connectivity index (χ1) is 31.4. The van der Waals surface area contributed by atoms with Gasteiger partial charge in [0.25, 0.3) is 0 Å². The lowest BCUT2D eigenvalue weighted by Crippen LogP contribution is -1.91. The summed E-state index contributed by atoms with van der Waals surface area (Å²) in [5.74, 6) is 0. The lowest BCUT2D eigenvalue weighted by atomic mass is 9.85. The lowest BCUT2D eigenvalue weighted by Gasteiger charge is -2.18. The molecular formula is C48H30O. The summed E-state index contributed by atoms with van der Waals surface area (Å²) in [6, 6.07) is 11.6.